The number of nitrogens with one attached hydrogen (secondary N) is 2. The van der Waals surface area contributed by atoms with E-state index in [1.807, 2.05) is 61.5 Å². The van der Waals surface area contributed by atoms with Gasteiger partial charge in [0.25, 0.3) is 0 Å². The highest BCUT2D eigenvalue weighted by atomic mass is 16.5. The summed E-state index contributed by atoms with van der Waals surface area (Å²) < 4.78 is 5.30. The third-order valence-electron chi connectivity index (χ3n) is 5.03. The monoisotopic (exact) mass is 410 g/mol. The maximum atomic E-state index is 12.6. The van der Waals surface area contributed by atoms with Crippen LogP contribution in [0.15, 0.2) is 54.6 Å². The Labute approximate surface area is 178 Å². The maximum Gasteiger partial charge on any atom is 0.244 e. The van der Waals surface area contributed by atoms with Crippen molar-refractivity contribution >= 4 is 23.2 Å². The summed E-state index contributed by atoms with van der Waals surface area (Å²) in [6, 6.07) is 17.0. The number of hydrogen-bond acceptors (Lipinski definition) is 5. The zero-order valence-electron chi connectivity index (χ0n) is 17.6. The summed E-state index contributed by atoms with van der Waals surface area (Å²) in [5, 5.41) is 6.14. The van der Waals surface area contributed by atoms with Gasteiger partial charge in [-0.25, -0.2) is 0 Å². The molecule has 2 amide bonds. The minimum absolute atomic E-state index is 0.0155. The molecule has 2 aromatic carbocycles. The molecule has 0 saturated carbocycles. The van der Waals surface area contributed by atoms with Crippen LogP contribution in [0, 0.1) is 0 Å². The van der Waals surface area contributed by atoms with E-state index in [1.165, 1.54) is 0 Å². The maximum absolute atomic E-state index is 12.6. The minimum atomic E-state index is -0.361. The molecule has 1 heterocycles. The molecule has 0 spiro atoms. The van der Waals surface area contributed by atoms with Crippen molar-refractivity contribution in [1.29, 1.82) is 0 Å². The first-order valence-electron chi connectivity index (χ1n) is 10.3. The smallest absolute Gasteiger partial charge is 0.244 e. The number of rotatable bonds is 8. The van der Waals surface area contributed by atoms with Crippen LogP contribution >= 0.6 is 0 Å². The normalized spacial score (nSPS) is 15.3. The van der Waals surface area contributed by atoms with Gasteiger partial charge in [0.05, 0.1) is 19.8 Å². The van der Waals surface area contributed by atoms with E-state index in [0.29, 0.717) is 26.3 Å². The van der Waals surface area contributed by atoms with E-state index in [1.54, 1.807) is 11.9 Å². The van der Waals surface area contributed by atoms with E-state index in [4.69, 9.17) is 4.74 Å². The Hall–Kier alpha value is -2.90. The predicted molar refractivity (Wildman–Crippen MR) is 118 cm³/mol. The van der Waals surface area contributed by atoms with Crippen molar-refractivity contribution in [1.82, 2.24) is 9.80 Å². The average molecular weight is 411 g/mol. The molecule has 7 nitrogen and oxygen atoms in total. The summed E-state index contributed by atoms with van der Waals surface area (Å²) in [7, 11) is 1.81. The van der Waals surface area contributed by atoms with Crippen LogP contribution < -0.4 is 10.6 Å². The fourth-order valence-electron chi connectivity index (χ4n) is 3.39. The molecule has 30 heavy (non-hydrogen) atoms. The van der Waals surface area contributed by atoms with Gasteiger partial charge in [0.1, 0.15) is 6.04 Å². The molecule has 0 aliphatic carbocycles. The van der Waals surface area contributed by atoms with Crippen LogP contribution in [0.1, 0.15) is 12.5 Å². The molecule has 1 fully saturated rings. The van der Waals surface area contributed by atoms with Gasteiger partial charge < -0.3 is 20.3 Å². The summed E-state index contributed by atoms with van der Waals surface area (Å²) in [6.45, 7) is 5.68. The van der Waals surface area contributed by atoms with Crippen molar-refractivity contribution in [3.8, 4) is 0 Å². The van der Waals surface area contributed by atoms with Gasteiger partial charge in [0, 0.05) is 38.1 Å². The Morgan fingerprint density at radius 1 is 1.03 bits per heavy atom. The topological polar surface area (TPSA) is 73.9 Å². The Balaban J connectivity index is 1.46. The lowest BCUT2D eigenvalue weighted by Gasteiger charge is -2.25. The number of carbonyl (C=O) groups is 2. The fraction of sp³-hybridized carbons (Fsp3) is 0.391. The summed E-state index contributed by atoms with van der Waals surface area (Å²) in [6.07, 6.45) is 0. The first-order valence-corrected chi connectivity index (χ1v) is 10.3. The number of nitrogens with zero attached hydrogens (tertiary/aromatic N) is 2. The highest BCUT2D eigenvalue weighted by Gasteiger charge is 2.18. The molecule has 1 unspecified atom stereocenters. The highest BCUT2D eigenvalue weighted by molar-refractivity contribution is 5.92. The molecule has 0 bridgehead atoms. The van der Waals surface area contributed by atoms with E-state index in [0.717, 1.165) is 30.0 Å². The van der Waals surface area contributed by atoms with E-state index >= 15 is 0 Å². The largest absolute Gasteiger partial charge is 0.379 e. The predicted octanol–water partition coefficient (Wildman–Crippen LogP) is 2.42. The first kappa shape index (κ1) is 21.8. The van der Waals surface area contributed by atoms with Gasteiger partial charge >= 0.3 is 0 Å². The molecule has 2 aromatic rings. The van der Waals surface area contributed by atoms with E-state index in [9.17, 15) is 9.59 Å². The molecular formula is C23H30N4O3. The standard InChI is InChI=1S/C23H30N4O3/c1-18(23(29)26(2)16-19-6-4-3-5-7-19)24-20-8-10-21(11-9-20)25-22(28)17-27-12-14-30-15-13-27/h3-11,18,24H,12-17H2,1-2H3,(H,25,28). The molecule has 1 atom stereocenters. The molecular weight excluding hydrogens is 380 g/mol. The van der Waals surface area contributed by atoms with Crippen LogP contribution in [0.2, 0.25) is 0 Å². The van der Waals surface area contributed by atoms with Gasteiger partial charge in [-0.1, -0.05) is 30.3 Å². The molecule has 0 aromatic heterocycles. The first-order chi connectivity index (χ1) is 14.5. The molecule has 3 rings (SSSR count). The summed E-state index contributed by atoms with van der Waals surface area (Å²) in [4.78, 5) is 28.6. The average Bonchev–Trinajstić information content (AvgIpc) is 2.76. The number of likely N-dealkylation sites (N-methyl/N-ethyl adjacent to an activating group) is 1. The summed E-state index contributed by atoms with van der Waals surface area (Å²) in [5.74, 6) is -0.0227. The number of carbonyl (C=O) groups excluding carboxylic acids is 2. The number of ether oxygens (including phenoxy) is 1. The Morgan fingerprint density at radius 2 is 1.67 bits per heavy atom. The van der Waals surface area contributed by atoms with Crippen LogP contribution in [0.3, 0.4) is 0 Å². The lowest BCUT2D eigenvalue weighted by molar-refractivity contribution is -0.130. The molecule has 7 heteroatoms. The Kier molecular flexibility index (Phi) is 7.82. The van der Waals surface area contributed by atoms with Crippen molar-refractivity contribution < 1.29 is 14.3 Å². The third kappa shape index (κ3) is 6.57. The van der Waals surface area contributed by atoms with Gasteiger partial charge in [0.15, 0.2) is 0 Å². The lowest BCUT2D eigenvalue weighted by atomic mass is 10.2. The highest BCUT2D eigenvalue weighted by Crippen LogP contribution is 2.15. The van der Waals surface area contributed by atoms with Crippen molar-refractivity contribution in [2.75, 3.05) is 50.5 Å². The van der Waals surface area contributed by atoms with Gasteiger partial charge in [-0.3, -0.25) is 14.5 Å². The van der Waals surface area contributed by atoms with Crippen molar-refractivity contribution in [3.05, 3.63) is 60.2 Å². The molecule has 0 radical (unpaired) electrons. The van der Waals surface area contributed by atoms with Crippen molar-refractivity contribution in [2.24, 2.45) is 0 Å². The fourth-order valence-corrected chi connectivity index (χ4v) is 3.39. The third-order valence-corrected chi connectivity index (χ3v) is 5.03. The number of morpholine rings is 1. The lowest BCUT2D eigenvalue weighted by Crippen LogP contribution is -2.41. The second-order valence-electron chi connectivity index (χ2n) is 7.56. The van der Waals surface area contributed by atoms with Crippen LogP contribution in [0.4, 0.5) is 11.4 Å². The van der Waals surface area contributed by atoms with E-state index in [-0.39, 0.29) is 17.9 Å². The number of anilines is 2. The van der Waals surface area contributed by atoms with Crippen LogP contribution in [-0.2, 0) is 20.9 Å². The van der Waals surface area contributed by atoms with E-state index in [2.05, 4.69) is 15.5 Å². The molecule has 1 saturated heterocycles. The summed E-state index contributed by atoms with van der Waals surface area (Å²) >= 11 is 0. The molecule has 1 aliphatic rings. The zero-order chi connectivity index (χ0) is 21.3. The second kappa shape index (κ2) is 10.8. The molecule has 1 aliphatic heterocycles. The minimum Gasteiger partial charge on any atom is -0.379 e. The number of amides is 2. The van der Waals surface area contributed by atoms with E-state index < -0.39 is 0 Å². The molecule has 160 valence electrons. The van der Waals surface area contributed by atoms with Gasteiger partial charge in [-0.15, -0.1) is 0 Å². The SMILES string of the molecule is CC(Nc1ccc(NC(=O)CN2CCOCC2)cc1)C(=O)N(C)Cc1ccccc1. The Morgan fingerprint density at radius 3 is 2.33 bits per heavy atom. The molecule has 2 N–H and O–H groups in total. The summed E-state index contributed by atoms with van der Waals surface area (Å²) in [5.41, 5.74) is 2.66. The Bertz CT molecular complexity index is 820. The van der Waals surface area contributed by atoms with Crippen LogP contribution in [-0.4, -0.2) is 67.6 Å². The van der Waals surface area contributed by atoms with Gasteiger partial charge in [-0.2, -0.15) is 0 Å². The van der Waals surface area contributed by atoms with Crippen LogP contribution in [0.25, 0.3) is 0 Å². The van der Waals surface area contributed by atoms with Crippen molar-refractivity contribution in [2.45, 2.75) is 19.5 Å². The van der Waals surface area contributed by atoms with Gasteiger partial charge in [-0.05, 0) is 36.8 Å². The van der Waals surface area contributed by atoms with Gasteiger partial charge in [0.2, 0.25) is 11.8 Å². The number of hydrogen-bond donors (Lipinski definition) is 2. The number of benzene rings is 2. The second-order valence-corrected chi connectivity index (χ2v) is 7.56. The quantitative estimate of drug-likeness (QED) is 0.699. The van der Waals surface area contributed by atoms with Crippen molar-refractivity contribution in [3.63, 3.8) is 0 Å². The van der Waals surface area contributed by atoms with Crippen LogP contribution in [0.5, 0.6) is 0 Å². The zero-order valence-corrected chi connectivity index (χ0v) is 17.6.